The smallest absolute Gasteiger partial charge is 0.190 e. The molecule has 0 spiro atoms. The molecular formula is C20H18F2N2O2S. The Bertz CT molecular complexity index is 1050. The quantitative estimate of drug-likeness (QED) is 0.611. The highest BCUT2D eigenvalue weighted by atomic mass is 32.1. The molecule has 1 aliphatic carbocycles. The van der Waals surface area contributed by atoms with E-state index in [1.54, 1.807) is 14.2 Å². The second-order valence-corrected chi connectivity index (χ2v) is 7.11. The molecule has 1 fully saturated rings. The first-order valence-electron chi connectivity index (χ1n) is 8.53. The molecule has 1 saturated carbocycles. The molecule has 2 aromatic carbocycles. The number of benzene rings is 2. The first-order valence-corrected chi connectivity index (χ1v) is 9.41. The molecule has 7 heteroatoms. The fourth-order valence-corrected chi connectivity index (χ4v) is 3.94. The zero-order valence-electron chi connectivity index (χ0n) is 14.9. The topological polar surface area (TPSA) is 35.8 Å². The van der Waals surface area contributed by atoms with Crippen molar-refractivity contribution in [2.75, 3.05) is 14.2 Å². The Morgan fingerprint density at radius 3 is 2.56 bits per heavy atom. The van der Waals surface area contributed by atoms with Crippen LogP contribution in [0.5, 0.6) is 11.5 Å². The average molecular weight is 388 g/mol. The Morgan fingerprint density at radius 2 is 1.89 bits per heavy atom. The molecule has 0 aliphatic heterocycles. The van der Waals surface area contributed by atoms with Crippen LogP contribution in [0.4, 0.5) is 14.5 Å². The molecule has 1 heterocycles. The number of halogens is 2. The van der Waals surface area contributed by atoms with E-state index in [-0.39, 0.29) is 5.69 Å². The van der Waals surface area contributed by atoms with Gasteiger partial charge in [0.1, 0.15) is 23.0 Å². The van der Waals surface area contributed by atoms with Gasteiger partial charge in [0.2, 0.25) is 0 Å². The summed E-state index contributed by atoms with van der Waals surface area (Å²) in [5.74, 6) is 0.158. The molecule has 0 saturated heterocycles. The van der Waals surface area contributed by atoms with Gasteiger partial charge in [0.05, 0.1) is 19.9 Å². The SMILES string of the molecule is COc1ccc(OC)c(-c2csc(=Nc3ccc(F)cc3F)n2C2CC2)c1. The summed E-state index contributed by atoms with van der Waals surface area (Å²) in [6.07, 6.45) is 2.07. The zero-order chi connectivity index (χ0) is 19.0. The minimum Gasteiger partial charge on any atom is -0.497 e. The van der Waals surface area contributed by atoms with Crippen LogP contribution < -0.4 is 14.3 Å². The highest BCUT2D eigenvalue weighted by Gasteiger charge is 2.28. The normalized spacial score (nSPS) is 14.4. The number of hydrogen-bond donors (Lipinski definition) is 0. The predicted octanol–water partition coefficient (Wildman–Crippen LogP) is 5.08. The molecule has 140 valence electrons. The van der Waals surface area contributed by atoms with Crippen molar-refractivity contribution in [3.63, 3.8) is 0 Å². The molecule has 3 aromatic rings. The Labute approximate surface area is 159 Å². The van der Waals surface area contributed by atoms with E-state index in [1.807, 2.05) is 23.6 Å². The molecule has 1 aromatic heterocycles. The van der Waals surface area contributed by atoms with Crippen LogP contribution in [0.25, 0.3) is 11.3 Å². The summed E-state index contributed by atoms with van der Waals surface area (Å²) in [6.45, 7) is 0. The fourth-order valence-electron chi connectivity index (χ4n) is 2.97. The van der Waals surface area contributed by atoms with Crippen LogP contribution in [-0.2, 0) is 0 Å². The Kier molecular flexibility index (Phi) is 4.70. The lowest BCUT2D eigenvalue weighted by molar-refractivity contribution is 0.404. The lowest BCUT2D eigenvalue weighted by Crippen LogP contribution is -2.14. The summed E-state index contributed by atoms with van der Waals surface area (Å²) in [4.78, 5) is 5.12. The number of rotatable bonds is 5. The molecule has 0 radical (unpaired) electrons. The maximum absolute atomic E-state index is 14.1. The minimum atomic E-state index is -0.675. The third-order valence-electron chi connectivity index (χ3n) is 4.46. The molecule has 27 heavy (non-hydrogen) atoms. The van der Waals surface area contributed by atoms with E-state index in [2.05, 4.69) is 9.56 Å². The van der Waals surface area contributed by atoms with Crippen LogP contribution in [0.1, 0.15) is 18.9 Å². The summed E-state index contributed by atoms with van der Waals surface area (Å²) in [6, 6.07) is 9.34. The van der Waals surface area contributed by atoms with Crippen molar-refractivity contribution in [3.8, 4) is 22.8 Å². The third kappa shape index (κ3) is 3.47. The van der Waals surface area contributed by atoms with Crippen LogP contribution in [0.3, 0.4) is 0 Å². The van der Waals surface area contributed by atoms with Gasteiger partial charge in [-0.15, -0.1) is 11.3 Å². The fraction of sp³-hybridized carbons (Fsp3) is 0.250. The van der Waals surface area contributed by atoms with Crippen molar-refractivity contribution in [2.24, 2.45) is 4.99 Å². The number of thiazole rings is 1. The third-order valence-corrected chi connectivity index (χ3v) is 5.30. The maximum Gasteiger partial charge on any atom is 0.190 e. The second-order valence-electron chi connectivity index (χ2n) is 6.28. The molecule has 0 N–H and O–H groups in total. The van der Waals surface area contributed by atoms with Crippen LogP contribution in [0, 0.1) is 11.6 Å². The summed E-state index contributed by atoms with van der Waals surface area (Å²) < 4.78 is 40.2. The van der Waals surface area contributed by atoms with Crippen molar-refractivity contribution >= 4 is 17.0 Å². The molecule has 1 aliphatic rings. The van der Waals surface area contributed by atoms with Crippen molar-refractivity contribution in [3.05, 3.63) is 58.2 Å². The van der Waals surface area contributed by atoms with Gasteiger partial charge in [0, 0.05) is 23.1 Å². The van der Waals surface area contributed by atoms with Gasteiger partial charge in [-0.3, -0.25) is 0 Å². The van der Waals surface area contributed by atoms with E-state index in [1.165, 1.54) is 23.5 Å². The summed E-state index contributed by atoms with van der Waals surface area (Å²) >= 11 is 1.42. The molecule has 0 bridgehead atoms. The number of aromatic nitrogens is 1. The van der Waals surface area contributed by atoms with Crippen molar-refractivity contribution in [1.29, 1.82) is 0 Å². The first-order chi connectivity index (χ1) is 13.1. The van der Waals surface area contributed by atoms with E-state index in [0.29, 0.717) is 10.8 Å². The molecule has 0 amide bonds. The van der Waals surface area contributed by atoms with Crippen LogP contribution in [0.2, 0.25) is 0 Å². The van der Waals surface area contributed by atoms with Gasteiger partial charge >= 0.3 is 0 Å². The molecule has 4 nitrogen and oxygen atoms in total. The Hall–Kier alpha value is -2.67. The standard InChI is InChI=1S/C20H18F2N2O2S/c1-25-14-6-8-19(26-2)15(10-14)18-11-27-20(24(18)13-4-5-13)23-17-7-3-12(21)9-16(17)22/h3,6-11,13H,4-5H2,1-2H3. The van der Waals surface area contributed by atoms with E-state index >= 15 is 0 Å². The number of hydrogen-bond acceptors (Lipinski definition) is 4. The number of methoxy groups -OCH3 is 2. The lowest BCUT2D eigenvalue weighted by Gasteiger charge is -2.13. The van der Waals surface area contributed by atoms with Crippen molar-refractivity contribution in [2.45, 2.75) is 18.9 Å². The highest BCUT2D eigenvalue weighted by molar-refractivity contribution is 7.07. The maximum atomic E-state index is 14.1. The van der Waals surface area contributed by atoms with Crippen LogP contribution >= 0.6 is 11.3 Å². The van der Waals surface area contributed by atoms with E-state index in [0.717, 1.165) is 41.7 Å². The second kappa shape index (κ2) is 7.15. The van der Waals surface area contributed by atoms with E-state index < -0.39 is 11.6 Å². The molecule has 4 rings (SSSR count). The van der Waals surface area contributed by atoms with Crippen LogP contribution in [0.15, 0.2) is 46.8 Å². The monoisotopic (exact) mass is 388 g/mol. The van der Waals surface area contributed by atoms with E-state index in [4.69, 9.17) is 9.47 Å². The number of nitrogens with zero attached hydrogens (tertiary/aromatic N) is 2. The van der Waals surface area contributed by atoms with Crippen molar-refractivity contribution < 1.29 is 18.3 Å². The molecular weight excluding hydrogens is 370 g/mol. The highest BCUT2D eigenvalue weighted by Crippen LogP contribution is 2.41. The lowest BCUT2D eigenvalue weighted by atomic mass is 10.1. The van der Waals surface area contributed by atoms with Gasteiger partial charge in [-0.25, -0.2) is 13.8 Å². The van der Waals surface area contributed by atoms with Gasteiger partial charge in [-0.1, -0.05) is 0 Å². The summed E-state index contributed by atoms with van der Waals surface area (Å²) in [5, 5.41) is 1.98. The van der Waals surface area contributed by atoms with Crippen LogP contribution in [-0.4, -0.2) is 18.8 Å². The van der Waals surface area contributed by atoms with Gasteiger partial charge in [-0.2, -0.15) is 0 Å². The predicted molar refractivity (Wildman–Crippen MR) is 101 cm³/mol. The zero-order valence-corrected chi connectivity index (χ0v) is 15.7. The van der Waals surface area contributed by atoms with Gasteiger partial charge in [0.15, 0.2) is 10.6 Å². The van der Waals surface area contributed by atoms with Gasteiger partial charge in [0.25, 0.3) is 0 Å². The molecule has 0 unspecified atom stereocenters. The first kappa shape index (κ1) is 17.7. The molecule has 0 atom stereocenters. The van der Waals surface area contributed by atoms with E-state index in [9.17, 15) is 8.78 Å². The van der Waals surface area contributed by atoms with Gasteiger partial charge in [-0.05, 0) is 43.2 Å². The minimum absolute atomic E-state index is 0.122. The number of ether oxygens (including phenoxy) is 2. The summed E-state index contributed by atoms with van der Waals surface area (Å²) in [7, 11) is 3.24. The van der Waals surface area contributed by atoms with Gasteiger partial charge < -0.3 is 14.0 Å². The Balaban J connectivity index is 1.89. The Morgan fingerprint density at radius 1 is 1.07 bits per heavy atom. The summed E-state index contributed by atoms with van der Waals surface area (Å²) in [5.41, 5.74) is 1.96. The average Bonchev–Trinajstić information content (AvgIpc) is 3.43. The largest absolute Gasteiger partial charge is 0.497 e. The van der Waals surface area contributed by atoms with Crippen molar-refractivity contribution in [1.82, 2.24) is 4.57 Å².